The first-order valence-electron chi connectivity index (χ1n) is 7.47. The molecule has 0 saturated heterocycles. The summed E-state index contributed by atoms with van der Waals surface area (Å²) in [4.78, 5) is 0. The van der Waals surface area contributed by atoms with E-state index in [1.165, 1.54) is 33.4 Å². The van der Waals surface area contributed by atoms with E-state index in [4.69, 9.17) is 5.73 Å². The van der Waals surface area contributed by atoms with E-state index in [1.54, 1.807) is 0 Å². The minimum absolute atomic E-state index is 0. The molecule has 3 rings (SSSR count). The minimum atomic E-state index is -0.250. The second-order valence-corrected chi connectivity index (χ2v) is 6.55. The topological polar surface area (TPSA) is 23.8 Å². The molecule has 24 heavy (non-hydrogen) atoms. The predicted octanol–water partition coefficient (Wildman–Crippen LogP) is -1.40. The second kappa shape index (κ2) is 11.5. The molecule has 1 aliphatic rings. The molecule has 0 spiro atoms. The number of benzene rings is 2. The number of hydrogen-bond acceptors (Lipinski definition) is 0. The van der Waals surface area contributed by atoms with E-state index in [-0.39, 0.29) is 30.4 Å². The normalized spacial score (nSPS) is 10.5. The molecule has 0 amide bonds. The van der Waals surface area contributed by atoms with E-state index in [0.29, 0.717) is 0 Å². The van der Waals surface area contributed by atoms with Gasteiger partial charge in [-0.25, -0.2) is 0 Å². The summed E-state index contributed by atoms with van der Waals surface area (Å²) in [6, 6.07) is 14.5. The van der Waals surface area contributed by atoms with E-state index in [0.717, 1.165) is 6.42 Å². The molecule has 1 N–H and O–H groups in total. The molecule has 5 heteroatoms. The molecule has 0 atom stereocenters. The fourth-order valence-electron chi connectivity index (χ4n) is 2.31. The third-order valence-corrected chi connectivity index (χ3v) is 3.29. The molecule has 0 saturated carbocycles. The number of aryl methyl sites for hydroxylation is 2. The second-order valence-electron chi connectivity index (χ2n) is 6.55. The summed E-state index contributed by atoms with van der Waals surface area (Å²) in [5.74, 6) is 0. The van der Waals surface area contributed by atoms with Crippen molar-refractivity contribution >= 4 is 7.63 Å². The third kappa shape index (κ3) is 7.86. The van der Waals surface area contributed by atoms with E-state index in [9.17, 15) is 0 Å². The Morgan fingerprint density at radius 3 is 2.08 bits per heavy atom. The fourth-order valence-corrected chi connectivity index (χ4v) is 2.31. The van der Waals surface area contributed by atoms with Crippen LogP contribution in [0, 0.1) is 19.9 Å². The third-order valence-electron chi connectivity index (χ3n) is 3.29. The van der Waals surface area contributed by atoms with Gasteiger partial charge in [0.2, 0.25) is 0 Å². The predicted molar refractivity (Wildman–Crippen MR) is 95.6 cm³/mol. The van der Waals surface area contributed by atoms with E-state index in [1.807, 2.05) is 47.6 Å². The van der Waals surface area contributed by atoms with Crippen LogP contribution < -0.4 is 24.8 Å². The number of fused-ring (bicyclic) bond motifs is 3. The molecule has 0 aliphatic heterocycles. The molecule has 1 aliphatic carbocycles. The molecule has 2 aromatic carbocycles. The molecule has 0 heterocycles. The molecule has 0 bridgehead atoms. The van der Waals surface area contributed by atoms with Crippen molar-refractivity contribution in [3.05, 3.63) is 64.4 Å². The fraction of sp³-hybridized carbons (Fsp3) is 0.368. The maximum atomic E-state index is 6.94. The van der Waals surface area contributed by atoms with Gasteiger partial charge in [-0.1, -0.05) is 70.0 Å². The summed E-state index contributed by atoms with van der Waals surface area (Å²) in [7, 11) is 1.86. The zero-order valence-electron chi connectivity index (χ0n) is 15.1. The molecule has 0 fully saturated rings. The Balaban J connectivity index is 0. The number of halogens is 2. The van der Waals surface area contributed by atoms with Crippen molar-refractivity contribution in [3.8, 4) is 11.1 Å². The molecule has 1 nitrogen and oxygen atoms in total. The quantitative estimate of drug-likeness (QED) is 0.320. The van der Waals surface area contributed by atoms with Gasteiger partial charge in [-0.05, 0) is 6.42 Å². The van der Waals surface area contributed by atoms with Crippen LogP contribution in [-0.2, 0) is 25.6 Å². The molecule has 0 unspecified atom stereocenters. The van der Waals surface area contributed by atoms with Crippen LogP contribution >= 0.6 is 0 Å². The van der Waals surface area contributed by atoms with Gasteiger partial charge in [0.25, 0.3) is 0 Å². The summed E-state index contributed by atoms with van der Waals surface area (Å²) in [5.41, 5.74) is 14.9. The Labute approximate surface area is 173 Å². The summed E-state index contributed by atoms with van der Waals surface area (Å²) in [6.07, 6.45) is 1.05. The van der Waals surface area contributed by atoms with Gasteiger partial charge in [-0.15, -0.1) is 16.7 Å². The molecule has 130 valence electrons. The zero-order chi connectivity index (χ0) is 16.9. The van der Waals surface area contributed by atoms with Crippen molar-refractivity contribution in [2.45, 2.75) is 46.6 Å². The first-order chi connectivity index (χ1) is 10.3. The molecule has 0 aromatic heterocycles. The Morgan fingerprint density at radius 1 is 1.04 bits per heavy atom. The van der Waals surface area contributed by atoms with E-state index in [2.05, 4.69) is 50.2 Å². The zero-order valence-corrected chi connectivity index (χ0v) is 19.5. The summed E-state index contributed by atoms with van der Waals surface area (Å²) < 4.78 is 0. The van der Waals surface area contributed by atoms with Crippen LogP contribution in [0.4, 0.5) is 0 Å². The van der Waals surface area contributed by atoms with Crippen LogP contribution in [0.2, 0.25) is 0 Å². The number of rotatable bonds is 0. The molecular formula is C19H25Cl2NSiTi-2. The van der Waals surface area contributed by atoms with Gasteiger partial charge in [0.15, 0.2) is 0 Å². The van der Waals surface area contributed by atoms with Crippen LogP contribution in [0.5, 0.6) is 0 Å². The Kier molecular flexibility index (Phi) is 12.5. The van der Waals surface area contributed by atoms with Crippen molar-refractivity contribution in [1.82, 2.24) is 0 Å². The Hall–Kier alpha value is -0.0888. The van der Waals surface area contributed by atoms with Gasteiger partial charge >= 0.3 is 26.8 Å². The standard InChI is InChI=1S/C15H13.C4H10N.2ClH.H2Si.Ti/c1-10-7-13-9-12-5-3-4-6-14(12)15(13)8-11(10)2;1-4(2,3)5;;;;/h3-6,8H,9H2,1-2H3;5H,1-3H3;2*1H;1H2;/q2*-1;;;;+2/p-2. The molecular weight excluding hydrogens is 389 g/mol. The van der Waals surface area contributed by atoms with Crippen LogP contribution in [0.25, 0.3) is 16.9 Å². The van der Waals surface area contributed by atoms with Gasteiger partial charge in [0.05, 0.1) is 0 Å². The summed E-state index contributed by atoms with van der Waals surface area (Å²) in [5, 5.41) is 0. The SMILES string of the molecule is CC(C)(C)[NH-].Cc1[c-]c2c(cc1C)-c1ccccc1C2.[Cl-].[Cl-].[SiH2]=[Ti+2]. The van der Waals surface area contributed by atoms with E-state index >= 15 is 0 Å². The summed E-state index contributed by atoms with van der Waals surface area (Å²) in [6.45, 7) is 9.86. The monoisotopic (exact) mass is 413 g/mol. The maximum absolute atomic E-state index is 6.94. The number of hydrogen-bond donors (Lipinski definition) is 0. The van der Waals surface area contributed by atoms with Gasteiger partial charge in [-0.3, -0.25) is 0 Å². The average molecular weight is 414 g/mol. The van der Waals surface area contributed by atoms with Gasteiger partial charge in [0.1, 0.15) is 0 Å². The van der Waals surface area contributed by atoms with Crippen LogP contribution in [0.3, 0.4) is 0 Å². The number of nitrogens with one attached hydrogen (secondary N) is 1. The van der Waals surface area contributed by atoms with Crippen LogP contribution in [-0.4, -0.2) is 13.2 Å². The Bertz CT molecular complexity index is 648. The van der Waals surface area contributed by atoms with Gasteiger partial charge < -0.3 is 30.5 Å². The first-order valence-corrected chi connectivity index (χ1v) is 11.5. The van der Waals surface area contributed by atoms with Crippen molar-refractivity contribution in [1.29, 1.82) is 0 Å². The average Bonchev–Trinajstić information content (AvgIpc) is 2.78. The van der Waals surface area contributed by atoms with Gasteiger partial charge in [0, 0.05) is 0 Å². The van der Waals surface area contributed by atoms with Gasteiger partial charge in [-0.2, -0.15) is 23.3 Å². The van der Waals surface area contributed by atoms with Crippen molar-refractivity contribution in [2.24, 2.45) is 0 Å². The van der Waals surface area contributed by atoms with Crippen molar-refractivity contribution < 1.29 is 44.0 Å². The summed E-state index contributed by atoms with van der Waals surface area (Å²) >= 11 is 2.03. The molecule has 2 aromatic rings. The van der Waals surface area contributed by atoms with E-state index < -0.39 is 0 Å². The van der Waals surface area contributed by atoms with Crippen molar-refractivity contribution in [3.63, 3.8) is 0 Å². The van der Waals surface area contributed by atoms with Crippen molar-refractivity contribution in [2.75, 3.05) is 0 Å². The first kappa shape index (κ1) is 26.1. The Morgan fingerprint density at radius 2 is 1.54 bits per heavy atom. The van der Waals surface area contributed by atoms with Crippen LogP contribution in [0.15, 0.2) is 30.3 Å². The van der Waals surface area contributed by atoms with Crippen LogP contribution in [0.1, 0.15) is 43.0 Å². The molecule has 0 radical (unpaired) electrons.